The molecule has 0 bridgehead atoms. The Morgan fingerprint density at radius 3 is 2.73 bits per heavy atom. The van der Waals surface area contributed by atoms with Crippen LogP contribution in [0.5, 0.6) is 5.75 Å². The van der Waals surface area contributed by atoms with E-state index < -0.39 is 0 Å². The zero-order valence-electron chi connectivity index (χ0n) is 18.8. The summed E-state index contributed by atoms with van der Waals surface area (Å²) in [5.74, 6) is 0.530. The number of rotatable bonds is 9. The number of carbonyl (C=O) groups is 1. The van der Waals surface area contributed by atoms with Gasteiger partial charge in [0.2, 0.25) is 0 Å². The maximum Gasteiger partial charge on any atom is 0.171 e. The van der Waals surface area contributed by atoms with Crippen LogP contribution in [-0.4, -0.2) is 34.1 Å². The van der Waals surface area contributed by atoms with Crippen molar-refractivity contribution >= 4 is 5.78 Å². The third-order valence-corrected chi connectivity index (χ3v) is 5.87. The highest BCUT2D eigenvalue weighted by atomic mass is 16.5. The summed E-state index contributed by atoms with van der Waals surface area (Å²) in [6.07, 6.45) is 3.80. The summed E-state index contributed by atoms with van der Waals surface area (Å²) >= 11 is 0. The minimum atomic E-state index is -0.345. The number of carbonyl (C=O) groups excluding carboxylic acids is 1. The lowest BCUT2D eigenvalue weighted by atomic mass is 9.94. The molecule has 6 nitrogen and oxygen atoms in total. The van der Waals surface area contributed by atoms with E-state index in [9.17, 15) is 9.90 Å². The molecule has 0 spiro atoms. The van der Waals surface area contributed by atoms with E-state index in [0.29, 0.717) is 42.8 Å². The van der Waals surface area contributed by atoms with Gasteiger partial charge in [0.25, 0.3) is 0 Å². The Morgan fingerprint density at radius 1 is 1.18 bits per heavy atom. The molecule has 0 saturated heterocycles. The molecule has 6 heteroatoms. The monoisotopic (exact) mass is 441 g/mol. The number of nitriles is 1. The fourth-order valence-corrected chi connectivity index (χ4v) is 4.26. The lowest BCUT2D eigenvalue weighted by Crippen LogP contribution is -2.14. The highest BCUT2D eigenvalue weighted by molar-refractivity contribution is 6.01. The van der Waals surface area contributed by atoms with Gasteiger partial charge in [-0.25, -0.2) is 9.97 Å². The second kappa shape index (κ2) is 10.4. The molecule has 168 valence electrons. The largest absolute Gasteiger partial charge is 0.508 e. The van der Waals surface area contributed by atoms with Crippen LogP contribution in [-0.2, 0) is 17.6 Å². The van der Waals surface area contributed by atoms with Crippen molar-refractivity contribution in [2.45, 2.75) is 44.9 Å². The van der Waals surface area contributed by atoms with E-state index in [0.717, 1.165) is 42.0 Å². The number of hydrogen-bond donors (Lipinski definition) is 1. The lowest BCUT2D eigenvalue weighted by Gasteiger charge is -2.14. The summed E-state index contributed by atoms with van der Waals surface area (Å²) in [5, 5.41) is 19.0. The predicted octanol–water partition coefficient (Wildman–Crippen LogP) is 4.99. The van der Waals surface area contributed by atoms with Gasteiger partial charge in [-0.2, -0.15) is 5.26 Å². The number of hydrogen-bond acceptors (Lipinski definition) is 6. The standard InChI is InChI=1S/C27H27N3O3/c1-2-14-33-15-4-7-24-29-25(20-5-3-6-21(31)16-20)22-12-13-23(26(22)30-24)27(32)19-10-8-18(17-28)9-11-19/h3,5-6,8-11,16,23,31H,2,4,7,12-15H2,1H3. The van der Waals surface area contributed by atoms with Gasteiger partial charge in [0, 0.05) is 36.3 Å². The molecular weight excluding hydrogens is 414 g/mol. The molecule has 2 aromatic carbocycles. The molecule has 1 aliphatic rings. The fraction of sp³-hybridized carbons (Fsp3) is 0.333. The molecule has 1 unspecified atom stereocenters. The minimum absolute atomic E-state index is 0.0102. The number of Topliss-reactive ketones (excluding diaryl/α,β-unsaturated/α-hetero) is 1. The first-order valence-electron chi connectivity index (χ1n) is 11.4. The molecule has 4 rings (SSSR count). The highest BCUT2D eigenvalue weighted by Gasteiger charge is 2.34. The number of aromatic hydroxyl groups is 1. The fourth-order valence-electron chi connectivity index (χ4n) is 4.26. The summed E-state index contributed by atoms with van der Waals surface area (Å²) in [4.78, 5) is 23.0. The van der Waals surface area contributed by atoms with E-state index in [-0.39, 0.29) is 17.5 Å². The third kappa shape index (κ3) is 5.10. The molecule has 0 radical (unpaired) electrons. The molecule has 33 heavy (non-hydrogen) atoms. The van der Waals surface area contributed by atoms with Gasteiger partial charge < -0.3 is 9.84 Å². The van der Waals surface area contributed by atoms with Crippen LogP contribution in [0.25, 0.3) is 11.3 Å². The molecule has 1 aromatic heterocycles. The van der Waals surface area contributed by atoms with Crippen molar-refractivity contribution < 1.29 is 14.6 Å². The molecule has 0 aliphatic heterocycles. The van der Waals surface area contributed by atoms with Gasteiger partial charge in [-0.1, -0.05) is 31.2 Å². The maximum absolute atomic E-state index is 13.4. The van der Waals surface area contributed by atoms with E-state index in [1.54, 1.807) is 42.5 Å². The summed E-state index contributed by atoms with van der Waals surface area (Å²) in [6.45, 7) is 3.46. The summed E-state index contributed by atoms with van der Waals surface area (Å²) < 4.78 is 5.60. The number of nitrogens with zero attached hydrogens (tertiary/aromatic N) is 3. The number of aromatic nitrogens is 2. The SMILES string of the molecule is CCCOCCCc1nc(-c2cccc(O)c2)c2c(n1)C(C(=O)c1ccc(C#N)cc1)CC2. The van der Waals surface area contributed by atoms with E-state index in [1.807, 2.05) is 6.07 Å². The summed E-state index contributed by atoms with van der Waals surface area (Å²) in [7, 11) is 0. The maximum atomic E-state index is 13.4. The van der Waals surface area contributed by atoms with Crippen molar-refractivity contribution in [2.24, 2.45) is 0 Å². The Balaban J connectivity index is 1.68. The number of ketones is 1. The average Bonchev–Trinajstić information content (AvgIpc) is 3.27. The Morgan fingerprint density at radius 2 is 2.00 bits per heavy atom. The highest BCUT2D eigenvalue weighted by Crippen LogP contribution is 2.39. The van der Waals surface area contributed by atoms with E-state index in [2.05, 4.69) is 13.0 Å². The predicted molar refractivity (Wildman–Crippen MR) is 125 cm³/mol. The Kier molecular flexibility index (Phi) is 7.11. The number of phenolic OH excluding ortho intramolecular Hbond substituents is 1. The Bertz CT molecular complexity index is 1180. The third-order valence-electron chi connectivity index (χ3n) is 5.87. The molecule has 1 heterocycles. The van der Waals surface area contributed by atoms with Gasteiger partial charge in [0.15, 0.2) is 5.78 Å². The van der Waals surface area contributed by atoms with Gasteiger partial charge in [-0.05, 0) is 49.9 Å². The number of fused-ring (bicyclic) bond motifs is 1. The number of benzene rings is 2. The molecule has 1 aliphatic carbocycles. The van der Waals surface area contributed by atoms with Crippen LogP contribution < -0.4 is 0 Å². The first-order chi connectivity index (χ1) is 16.1. The molecule has 0 fully saturated rings. The number of ether oxygens (including phenoxy) is 1. The summed E-state index contributed by atoms with van der Waals surface area (Å²) in [5.41, 5.74) is 4.47. The van der Waals surface area contributed by atoms with Gasteiger partial charge in [-0.15, -0.1) is 0 Å². The molecule has 1 N–H and O–H groups in total. The van der Waals surface area contributed by atoms with Crippen LogP contribution in [0.4, 0.5) is 0 Å². The van der Waals surface area contributed by atoms with E-state index in [4.69, 9.17) is 20.0 Å². The van der Waals surface area contributed by atoms with E-state index in [1.165, 1.54) is 0 Å². The molecule has 0 amide bonds. The van der Waals surface area contributed by atoms with Crippen LogP contribution in [0.1, 0.15) is 65.1 Å². The quantitative estimate of drug-likeness (QED) is 0.371. The van der Waals surface area contributed by atoms with Crippen LogP contribution in [0.15, 0.2) is 48.5 Å². The second-order valence-corrected chi connectivity index (χ2v) is 8.26. The summed E-state index contributed by atoms with van der Waals surface area (Å²) in [6, 6.07) is 15.9. The van der Waals surface area contributed by atoms with Crippen molar-refractivity contribution in [1.82, 2.24) is 9.97 Å². The zero-order valence-corrected chi connectivity index (χ0v) is 18.8. The van der Waals surface area contributed by atoms with E-state index >= 15 is 0 Å². The van der Waals surface area contributed by atoms with Crippen molar-refractivity contribution in [2.75, 3.05) is 13.2 Å². The van der Waals surface area contributed by atoms with Gasteiger partial charge in [0.05, 0.1) is 28.9 Å². The van der Waals surface area contributed by atoms with Gasteiger partial charge in [-0.3, -0.25) is 4.79 Å². The van der Waals surface area contributed by atoms with Gasteiger partial charge >= 0.3 is 0 Å². The molecule has 1 atom stereocenters. The first kappa shape index (κ1) is 22.6. The smallest absolute Gasteiger partial charge is 0.171 e. The van der Waals surface area contributed by atoms with Crippen molar-refractivity contribution in [3.8, 4) is 23.1 Å². The van der Waals surface area contributed by atoms with Crippen LogP contribution >= 0.6 is 0 Å². The number of phenols is 1. The van der Waals surface area contributed by atoms with Gasteiger partial charge in [0.1, 0.15) is 11.6 Å². The van der Waals surface area contributed by atoms with Crippen molar-refractivity contribution in [1.29, 1.82) is 5.26 Å². The van der Waals surface area contributed by atoms with Crippen LogP contribution in [0, 0.1) is 11.3 Å². The molecule has 3 aromatic rings. The van der Waals surface area contributed by atoms with Crippen molar-refractivity contribution in [3.05, 3.63) is 76.7 Å². The molecule has 0 saturated carbocycles. The lowest BCUT2D eigenvalue weighted by molar-refractivity contribution is 0.0958. The van der Waals surface area contributed by atoms with Crippen LogP contribution in [0.3, 0.4) is 0 Å². The average molecular weight is 442 g/mol. The topological polar surface area (TPSA) is 96.1 Å². The minimum Gasteiger partial charge on any atom is -0.508 e. The molecular formula is C27H27N3O3. The Labute approximate surface area is 193 Å². The van der Waals surface area contributed by atoms with Crippen molar-refractivity contribution in [3.63, 3.8) is 0 Å². The Hall–Kier alpha value is -3.56. The second-order valence-electron chi connectivity index (χ2n) is 8.26. The van der Waals surface area contributed by atoms with Crippen LogP contribution in [0.2, 0.25) is 0 Å². The normalized spacial score (nSPS) is 14.6. The first-order valence-corrected chi connectivity index (χ1v) is 11.4. The number of aryl methyl sites for hydroxylation is 1. The zero-order chi connectivity index (χ0) is 23.2.